The molecule has 1 aromatic heterocycles. The highest BCUT2D eigenvalue weighted by molar-refractivity contribution is 8.00. The molecule has 0 aliphatic rings. The first kappa shape index (κ1) is 17.4. The van der Waals surface area contributed by atoms with Crippen molar-refractivity contribution in [2.75, 3.05) is 5.75 Å². The lowest BCUT2D eigenvalue weighted by atomic mass is 10.2. The molecule has 0 saturated heterocycles. The van der Waals surface area contributed by atoms with E-state index in [9.17, 15) is 14.7 Å². The largest absolute Gasteiger partial charge is 0.478 e. The number of thioether (sulfide) groups is 1. The van der Waals surface area contributed by atoms with Crippen LogP contribution in [0.5, 0.6) is 0 Å². The fourth-order valence-corrected chi connectivity index (χ4v) is 2.56. The van der Waals surface area contributed by atoms with Crippen LogP contribution < -0.4 is 5.32 Å². The van der Waals surface area contributed by atoms with Crippen molar-refractivity contribution in [2.24, 2.45) is 0 Å². The molecule has 1 atom stereocenters. The van der Waals surface area contributed by atoms with Gasteiger partial charge in [-0.05, 0) is 20.3 Å². The zero-order valence-corrected chi connectivity index (χ0v) is 13.6. The van der Waals surface area contributed by atoms with Crippen LogP contribution in [0.1, 0.15) is 49.1 Å². The van der Waals surface area contributed by atoms with Crippen molar-refractivity contribution in [3.63, 3.8) is 0 Å². The summed E-state index contributed by atoms with van der Waals surface area (Å²) < 4.78 is 0. The predicted molar refractivity (Wildman–Crippen MR) is 81.7 cm³/mol. The number of aromatic nitrogens is 2. The first-order valence-electron chi connectivity index (χ1n) is 6.91. The zero-order chi connectivity index (χ0) is 16.0. The SMILES string of the molecule is CCc1nc(C)c(C(=O)O)c(SCC(=O)NC(C)CC)n1. The van der Waals surface area contributed by atoms with Crippen molar-refractivity contribution < 1.29 is 14.7 Å². The van der Waals surface area contributed by atoms with Crippen LogP contribution in [0.15, 0.2) is 5.03 Å². The first-order valence-corrected chi connectivity index (χ1v) is 7.90. The molecular weight excluding hydrogens is 290 g/mol. The number of hydrogen-bond acceptors (Lipinski definition) is 5. The van der Waals surface area contributed by atoms with Gasteiger partial charge in [0.05, 0.1) is 11.4 Å². The van der Waals surface area contributed by atoms with Gasteiger partial charge in [-0.25, -0.2) is 14.8 Å². The number of nitrogens with zero attached hydrogens (tertiary/aromatic N) is 2. The maximum Gasteiger partial charge on any atom is 0.340 e. The second-order valence-corrected chi connectivity index (χ2v) is 5.69. The summed E-state index contributed by atoms with van der Waals surface area (Å²) in [5.41, 5.74) is 0.507. The van der Waals surface area contributed by atoms with E-state index in [4.69, 9.17) is 0 Å². The predicted octanol–water partition coefficient (Wildman–Crippen LogP) is 2.05. The molecule has 1 amide bonds. The Morgan fingerprint density at radius 3 is 2.52 bits per heavy atom. The van der Waals surface area contributed by atoms with E-state index in [0.29, 0.717) is 23.0 Å². The molecule has 0 radical (unpaired) electrons. The van der Waals surface area contributed by atoms with Gasteiger partial charge >= 0.3 is 5.97 Å². The van der Waals surface area contributed by atoms with Gasteiger partial charge < -0.3 is 10.4 Å². The Kier molecular flexibility index (Phi) is 6.61. The van der Waals surface area contributed by atoms with E-state index in [1.807, 2.05) is 20.8 Å². The summed E-state index contributed by atoms with van der Waals surface area (Å²) in [6.07, 6.45) is 1.47. The lowest BCUT2D eigenvalue weighted by Gasteiger charge is -2.12. The fourth-order valence-electron chi connectivity index (χ4n) is 1.66. The van der Waals surface area contributed by atoms with Gasteiger partial charge in [-0.3, -0.25) is 4.79 Å². The summed E-state index contributed by atoms with van der Waals surface area (Å²) in [5.74, 6) is -0.466. The molecule has 2 N–H and O–H groups in total. The molecule has 0 bridgehead atoms. The number of nitrogens with one attached hydrogen (secondary N) is 1. The van der Waals surface area contributed by atoms with E-state index in [0.717, 1.165) is 18.2 Å². The molecule has 0 aliphatic carbocycles. The standard InChI is InChI=1S/C14H21N3O3S/c1-5-8(3)15-11(18)7-21-13-12(14(19)20)9(4)16-10(6-2)17-13/h8H,5-7H2,1-4H3,(H,15,18)(H,19,20). The van der Waals surface area contributed by atoms with Crippen LogP contribution in [0.2, 0.25) is 0 Å². The zero-order valence-electron chi connectivity index (χ0n) is 12.8. The second-order valence-electron chi connectivity index (χ2n) is 4.73. The summed E-state index contributed by atoms with van der Waals surface area (Å²) in [7, 11) is 0. The van der Waals surface area contributed by atoms with E-state index >= 15 is 0 Å². The van der Waals surface area contributed by atoms with Crippen LogP contribution in [0.25, 0.3) is 0 Å². The molecule has 6 nitrogen and oxygen atoms in total. The summed E-state index contributed by atoms with van der Waals surface area (Å²) in [6, 6.07) is 0.107. The van der Waals surface area contributed by atoms with Crippen molar-refractivity contribution in [3.8, 4) is 0 Å². The Morgan fingerprint density at radius 2 is 2.00 bits per heavy atom. The van der Waals surface area contributed by atoms with Crippen molar-refractivity contribution in [1.82, 2.24) is 15.3 Å². The Bertz CT molecular complexity index is 534. The highest BCUT2D eigenvalue weighted by Crippen LogP contribution is 2.23. The Morgan fingerprint density at radius 1 is 1.33 bits per heavy atom. The Labute approximate surface area is 128 Å². The molecule has 0 aliphatic heterocycles. The maximum absolute atomic E-state index is 11.8. The van der Waals surface area contributed by atoms with Gasteiger partial charge in [0.2, 0.25) is 5.91 Å². The quantitative estimate of drug-likeness (QED) is 0.591. The van der Waals surface area contributed by atoms with Crippen LogP contribution >= 0.6 is 11.8 Å². The van der Waals surface area contributed by atoms with Crippen molar-refractivity contribution in [1.29, 1.82) is 0 Å². The number of rotatable bonds is 7. The molecule has 0 aromatic carbocycles. The number of aromatic carboxylic acids is 1. The third-order valence-corrected chi connectivity index (χ3v) is 3.97. The van der Waals surface area contributed by atoms with Crippen LogP contribution in [0.3, 0.4) is 0 Å². The lowest BCUT2D eigenvalue weighted by Crippen LogP contribution is -2.33. The van der Waals surface area contributed by atoms with Crippen LogP contribution in [0, 0.1) is 6.92 Å². The number of aryl methyl sites for hydroxylation is 2. The minimum absolute atomic E-state index is 0.0774. The average Bonchev–Trinajstić information content (AvgIpc) is 2.43. The lowest BCUT2D eigenvalue weighted by molar-refractivity contribution is -0.119. The van der Waals surface area contributed by atoms with Crippen LogP contribution in [-0.2, 0) is 11.2 Å². The highest BCUT2D eigenvalue weighted by Gasteiger charge is 2.19. The molecule has 1 aromatic rings. The smallest absolute Gasteiger partial charge is 0.340 e. The molecule has 1 unspecified atom stereocenters. The molecule has 1 rings (SSSR count). The maximum atomic E-state index is 11.8. The minimum Gasteiger partial charge on any atom is -0.478 e. The van der Waals surface area contributed by atoms with Gasteiger partial charge in [0.1, 0.15) is 16.4 Å². The number of amides is 1. The van der Waals surface area contributed by atoms with Crippen molar-refractivity contribution >= 4 is 23.6 Å². The van der Waals surface area contributed by atoms with E-state index in [1.54, 1.807) is 6.92 Å². The van der Waals surface area contributed by atoms with Crippen LogP contribution in [0.4, 0.5) is 0 Å². The highest BCUT2D eigenvalue weighted by atomic mass is 32.2. The first-order chi connectivity index (χ1) is 9.88. The third-order valence-electron chi connectivity index (χ3n) is 2.99. The summed E-state index contributed by atoms with van der Waals surface area (Å²) in [5, 5.41) is 12.5. The van der Waals surface area contributed by atoms with Gasteiger partial charge in [0.15, 0.2) is 0 Å². The molecule has 0 fully saturated rings. The molecule has 7 heteroatoms. The van der Waals surface area contributed by atoms with E-state index < -0.39 is 5.97 Å². The number of carbonyl (C=O) groups is 2. The molecular formula is C14H21N3O3S. The third kappa shape index (κ3) is 5.00. The topological polar surface area (TPSA) is 92.2 Å². The molecule has 116 valence electrons. The number of hydrogen-bond donors (Lipinski definition) is 2. The van der Waals surface area contributed by atoms with Gasteiger partial charge in [-0.1, -0.05) is 25.6 Å². The van der Waals surface area contributed by atoms with E-state index in [1.165, 1.54) is 0 Å². The van der Waals surface area contributed by atoms with Gasteiger partial charge in [0.25, 0.3) is 0 Å². The van der Waals surface area contributed by atoms with Gasteiger partial charge in [0, 0.05) is 12.5 Å². The van der Waals surface area contributed by atoms with Crippen molar-refractivity contribution in [2.45, 2.75) is 51.6 Å². The summed E-state index contributed by atoms with van der Waals surface area (Å²) in [6.45, 7) is 7.46. The minimum atomic E-state index is -1.07. The van der Waals surface area contributed by atoms with Gasteiger partial charge in [-0.2, -0.15) is 0 Å². The summed E-state index contributed by atoms with van der Waals surface area (Å²) >= 11 is 1.14. The normalized spacial score (nSPS) is 12.0. The van der Waals surface area contributed by atoms with E-state index in [-0.39, 0.29) is 23.3 Å². The number of carbonyl (C=O) groups excluding carboxylic acids is 1. The van der Waals surface area contributed by atoms with E-state index in [2.05, 4.69) is 15.3 Å². The number of carboxylic acid groups (broad SMARTS) is 1. The second kappa shape index (κ2) is 7.97. The molecule has 21 heavy (non-hydrogen) atoms. The monoisotopic (exact) mass is 311 g/mol. The molecule has 1 heterocycles. The van der Waals surface area contributed by atoms with Crippen molar-refractivity contribution in [3.05, 3.63) is 17.1 Å². The molecule has 0 saturated carbocycles. The van der Waals surface area contributed by atoms with Gasteiger partial charge in [-0.15, -0.1) is 0 Å². The Hall–Kier alpha value is -1.63. The van der Waals surface area contributed by atoms with Crippen LogP contribution in [-0.4, -0.2) is 38.7 Å². The average molecular weight is 311 g/mol. The molecule has 0 spiro atoms. The summed E-state index contributed by atoms with van der Waals surface area (Å²) in [4.78, 5) is 31.5. The fraction of sp³-hybridized carbons (Fsp3) is 0.571. The Balaban J connectivity index is 2.88. The number of carboxylic acids is 1.